The second-order valence-corrected chi connectivity index (χ2v) is 6.07. The van der Waals surface area contributed by atoms with Crippen LogP contribution < -0.4 is 15.6 Å². The largest absolute Gasteiger partial charge is 0.494 e. The van der Waals surface area contributed by atoms with Gasteiger partial charge in [0.15, 0.2) is 4.96 Å². The molecule has 0 radical (unpaired) electrons. The van der Waals surface area contributed by atoms with Crippen LogP contribution in [0.25, 0.3) is 4.96 Å². The molecule has 6 nitrogen and oxygen atoms in total. The SMILES string of the molecule is CCOc1ccc(CNC(=O)c2cnc3scc(C)n3c2=O)cc1. The smallest absolute Gasteiger partial charge is 0.271 e. The van der Waals surface area contributed by atoms with Crippen LogP contribution in [0.4, 0.5) is 0 Å². The Labute approximate surface area is 142 Å². The summed E-state index contributed by atoms with van der Waals surface area (Å²) in [6, 6.07) is 7.45. The summed E-state index contributed by atoms with van der Waals surface area (Å²) in [6.45, 7) is 4.68. The van der Waals surface area contributed by atoms with Gasteiger partial charge < -0.3 is 10.1 Å². The predicted octanol–water partition coefficient (Wildman–Crippen LogP) is 2.39. The van der Waals surface area contributed by atoms with E-state index in [1.54, 1.807) is 0 Å². The van der Waals surface area contributed by atoms with Gasteiger partial charge in [-0.25, -0.2) is 4.98 Å². The third-order valence-corrected chi connectivity index (χ3v) is 4.51. The van der Waals surface area contributed by atoms with E-state index in [1.165, 1.54) is 21.9 Å². The van der Waals surface area contributed by atoms with Crippen molar-refractivity contribution in [3.05, 3.63) is 63.0 Å². The van der Waals surface area contributed by atoms with Crippen LogP contribution in [-0.4, -0.2) is 21.9 Å². The highest BCUT2D eigenvalue weighted by Gasteiger charge is 2.14. The zero-order valence-corrected chi connectivity index (χ0v) is 14.2. The number of fused-ring (bicyclic) bond motifs is 1. The maximum atomic E-state index is 12.4. The number of carbonyl (C=O) groups excluding carboxylic acids is 1. The van der Waals surface area contributed by atoms with E-state index in [1.807, 2.05) is 43.5 Å². The number of nitrogens with zero attached hydrogens (tertiary/aromatic N) is 2. The summed E-state index contributed by atoms with van der Waals surface area (Å²) in [4.78, 5) is 29.5. The molecule has 0 aliphatic heterocycles. The molecular weight excluding hydrogens is 326 g/mol. The van der Waals surface area contributed by atoms with Crippen LogP contribution in [0.1, 0.15) is 28.5 Å². The third kappa shape index (κ3) is 3.16. The number of nitrogens with one attached hydrogen (secondary N) is 1. The van der Waals surface area contributed by atoms with Crippen molar-refractivity contribution in [3.8, 4) is 5.75 Å². The van der Waals surface area contributed by atoms with Gasteiger partial charge in [-0.3, -0.25) is 14.0 Å². The van der Waals surface area contributed by atoms with Gasteiger partial charge in [0.05, 0.1) is 6.61 Å². The van der Waals surface area contributed by atoms with Crippen molar-refractivity contribution in [2.45, 2.75) is 20.4 Å². The average Bonchev–Trinajstić information content (AvgIpc) is 2.96. The lowest BCUT2D eigenvalue weighted by molar-refractivity contribution is 0.0949. The number of amides is 1. The molecule has 7 heteroatoms. The normalized spacial score (nSPS) is 10.8. The molecule has 0 aliphatic carbocycles. The highest BCUT2D eigenvalue weighted by molar-refractivity contribution is 7.15. The van der Waals surface area contributed by atoms with Crippen molar-refractivity contribution in [2.75, 3.05) is 6.61 Å². The molecule has 124 valence electrons. The highest BCUT2D eigenvalue weighted by atomic mass is 32.1. The first-order chi connectivity index (χ1) is 11.6. The zero-order valence-electron chi connectivity index (χ0n) is 13.4. The third-order valence-electron chi connectivity index (χ3n) is 3.55. The van der Waals surface area contributed by atoms with Crippen LogP contribution in [0.5, 0.6) is 5.75 Å². The topological polar surface area (TPSA) is 72.7 Å². The molecule has 1 amide bonds. The number of hydrogen-bond donors (Lipinski definition) is 1. The van der Waals surface area contributed by atoms with Gasteiger partial charge in [-0.05, 0) is 31.5 Å². The molecule has 2 heterocycles. The van der Waals surface area contributed by atoms with E-state index in [0.29, 0.717) is 18.1 Å². The standard InChI is InChI=1S/C17H17N3O3S/c1-3-23-13-6-4-12(5-7-13)8-18-15(21)14-9-19-17-20(16(14)22)11(2)10-24-17/h4-7,9-10H,3,8H2,1-2H3,(H,18,21). The molecule has 1 aromatic carbocycles. The summed E-state index contributed by atoms with van der Waals surface area (Å²) in [7, 11) is 0. The second kappa shape index (κ2) is 6.84. The second-order valence-electron chi connectivity index (χ2n) is 5.23. The number of carbonyl (C=O) groups is 1. The van der Waals surface area contributed by atoms with E-state index in [9.17, 15) is 9.59 Å². The lowest BCUT2D eigenvalue weighted by Crippen LogP contribution is -2.31. The van der Waals surface area contributed by atoms with Gasteiger partial charge in [-0.1, -0.05) is 12.1 Å². The Hall–Kier alpha value is -2.67. The van der Waals surface area contributed by atoms with Crippen LogP contribution in [0, 0.1) is 6.92 Å². The maximum Gasteiger partial charge on any atom is 0.271 e. The molecule has 2 aromatic heterocycles. The molecule has 0 unspecified atom stereocenters. The molecular formula is C17H17N3O3S. The molecule has 1 N–H and O–H groups in total. The van der Waals surface area contributed by atoms with E-state index >= 15 is 0 Å². The lowest BCUT2D eigenvalue weighted by atomic mass is 10.2. The number of thiazole rings is 1. The fourth-order valence-corrected chi connectivity index (χ4v) is 3.16. The van der Waals surface area contributed by atoms with Gasteiger partial charge >= 0.3 is 0 Å². The van der Waals surface area contributed by atoms with E-state index in [4.69, 9.17) is 4.74 Å². The summed E-state index contributed by atoms with van der Waals surface area (Å²) in [5.74, 6) is 0.356. The van der Waals surface area contributed by atoms with Gasteiger partial charge in [0.1, 0.15) is 11.3 Å². The number of ether oxygens (including phenoxy) is 1. The van der Waals surface area contributed by atoms with Crippen molar-refractivity contribution in [2.24, 2.45) is 0 Å². The summed E-state index contributed by atoms with van der Waals surface area (Å²) in [5, 5.41) is 4.59. The minimum atomic E-state index is -0.429. The molecule has 3 aromatic rings. The van der Waals surface area contributed by atoms with Crippen LogP contribution in [0.2, 0.25) is 0 Å². The monoisotopic (exact) mass is 343 g/mol. The number of hydrogen-bond acceptors (Lipinski definition) is 5. The molecule has 0 bridgehead atoms. The minimum Gasteiger partial charge on any atom is -0.494 e. The van der Waals surface area contributed by atoms with Crippen molar-refractivity contribution in [3.63, 3.8) is 0 Å². The molecule has 24 heavy (non-hydrogen) atoms. The van der Waals surface area contributed by atoms with Crippen LogP contribution in [-0.2, 0) is 6.54 Å². The highest BCUT2D eigenvalue weighted by Crippen LogP contribution is 2.13. The molecule has 0 aliphatic rings. The van der Waals surface area contributed by atoms with Crippen LogP contribution in [0.3, 0.4) is 0 Å². The van der Waals surface area contributed by atoms with Crippen LogP contribution >= 0.6 is 11.3 Å². The Morgan fingerprint density at radius 2 is 2.08 bits per heavy atom. The first-order valence-electron chi connectivity index (χ1n) is 7.56. The van der Waals surface area contributed by atoms with E-state index in [-0.39, 0.29) is 11.1 Å². The fraction of sp³-hybridized carbons (Fsp3) is 0.235. The van der Waals surface area contributed by atoms with Crippen molar-refractivity contribution >= 4 is 22.2 Å². The van der Waals surface area contributed by atoms with Gasteiger partial charge in [-0.2, -0.15) is 0 Å². The first kappa shape index (κ1) is 16.2. The van der Waals surface area contributed by atoms with Crippen LogP contribution in [0.15, 0.2) is 40.6 Å². The Bertz CT molecular complexity index is 928. The Kier molecular flexibility index (Phi) is 4.61. The fourth-order valence-electron chi connectivity index (χ4n) is 2.33. The average molecular weight is 343 g/mol. The van der Waals surface area contributed by atoms with Gasteiger partial charge in [0.2, 0.25) is 0 Å². The van der Waals surface area contributed by atoms with Gasteiger partial charge in [0.25, 0.3) is 11.5 Å². The predicted molar refractivity (Wildman–Crippen MR) is 92.9 cm³/mol. The van der Waals surface area contributed by atoms with Gasteiger partial charge in [0, 0.05) is 23.8 Å². The lowest BCUT2D eigenvalue weighted by Gasteiger charge is -2.07. The maximum absolute atomic E-state index is 12.4. The van der Waals surface area contributed by atoms with Gasteiger partial charge in [-0.15, -0.1) is 11.3 Å². The molecule has 0 spiro atoms. The number of aromatic nitrogens is 2. The van der Waals surface area contributed by atoms with E-state index < -0.39 is 5.91 Å². The molecule has 0 atom stereocenters. The first-order valence-corrected chi connectivity index (χ1v) is 8.44. The molecule has 0 saturated heterocycles. The number of rotatable bonds is 5. The summed E-state index contributed by atoms with van der Waals surface area (Å²) in [5.41, 5.74) is 1.39. The summed E-state index contributed by atoms with van der Waals surface area (Å²) >= 11 is 1.37. The van der Waals surface area contributed by atoms with E-state index in [2.05, 4.69) is 10.3 Å². The summed E-state index contributed by atoms with van der Waals surface area (Å²) in [6.07, 6.45) is 1.33. The number of benzene rings is 1. The van der Waals surface area contributed by atoms with Crippen molar-refractivity contribution in [1.82, 2.24) is 14.7 Å². The zero-order chi connectivity index (χ0) is 17.1. The Morgan fingerprint density at radius 1 is 1.33 bits per heavy atom. The quantitative estimate of drug-likeness (QED) is 0.772. The van der Waals surface area contributed by atoms with Crippen molar-refractivity contribution < 1.29 is 9.53 Å². The summed E-state index contributed by atoms with van der Waals surface area (Å²) < 4.78 is 6.83. The van der Waals surface area contributed by atoms with Crippen molar-refractivity contribution in [1.29, 1.82) is 0 Å². The molecule has 3 rings (SSSR count). The Balaban J connectivity index is 1.74. The minimum absolute atomic E-state index is 0.0416. The Morgan fingerprint density at radius 3 is 2.79 bits per heavy atom. The molecule has 0 saturated carbocycles. The van der Waals surface area contributed by atoms with E-state index in [0.717, 1.165) is 17.0 Å². The number of aryl methyl sites for hydroxylation is 1. The molecule has 0 fully saturated rings.